The second-order valence-electron chi connectivity index (χ2n) is 1.89. The van der Waals surface area contributed by atoms with Crippen LogP contribution >= 0.6 is 34.2 Å². The van der Waals surface area contributed by atoms with Crippen molar-refractivity contribution < 1.29 is 0 Å². The van der Waals surface area contributed by atoms with Crippen molar-refractivity contribution in [2.45, 2.75) is 0 Å². The molecule has 0 bridgehead atoms. The van der Waals surface area contributed by atoms with Crippen molar-refractivity contribution in [3.05, 3.63) is 21.4 Å². The molecule has 0 aromatic carbocycles. The Morgan fingerprint density at radius 2 is 2.18 bits per heavy atom. The highest BCUT2D eigenvalue weighted by atomic mass is 127. The molecular formula is C5H2ClIN4. The average molecular weight is 280 g/mol. The molecule has 0 aliphatic carbocycles. The third-order valence-corrected chi connectivity index (χ3v) is 2.20. The molecular weight excluding hydrogens is 278 g/mol. The first-order chi connectivity index (χ1) is 5.29. The normalized spacial score (nSPS) is 10.7. The lowest BCUT2D eigenvalue weighted by atomic mass is 10.7. The van der Waals surface area contributed by atoms with Crippen LogP contribution in [0.2, 0.25) is 5.15 Å². The first-order valence-electron chi connectivity index (χ1n) is 2.79. The molecule has 2 rings (SSSR count). The Hall–Kier alpha value is -0.430. The van der Waals surface area contributed by atoms with E-state index in [9.17, 15) is 0 Å². The molecule has 11 heavy (non-hydrogen) atoms. The van der Waals surface area contributed by atoms with Gasteiger partial charge in [-0.1, -0.05) is 11.6 Å². The summed E-state index contributed by atoms with van der Waals surface area (Å²) in [6.45, 7) is 0. The first-order valence-corrected chi connectivity index (χ1v) is 4.25. The van der Waals surface area contributed by atoms with Crippen molar-refractivity contribution in [3.63, 3.8) is 0 Å². The van der Waals surface area contributed by atoms with E-state index < -0.39 is 0 Å². The van der Waals surface area contributed by atoms with E-state index in [2.05, 4.69) is 37.8 Å². The third-order valence-electron chi connectivity index (χ3n) is 1.23. The van der Waals surface area contributed by atoms with E-state index in [1.54, 1.807) is 16.8 Å². The summed E-state index contributed by atoms with van der Waals surface area (Å²) in [6, 6.07) is 0. The largest absolute Gasteiger partial charge is 0.258 e. The number of fused-ring (bicyclic) bond motifs is 1. The summed E-state index contributed by atoms with van der Waals surface area (Å²) in [5, 5.41) is 8.19. The molecule has 0 aliphatic rings. The van der Waals surface area contributed by atoms with Crippen LogP contribution in [0.3, 0.4) is 0 Å². The summed E-state index contributed by atoms with van der Waals surface area (Å²) >= 11 is 7.88. The summed E-state index contributed by atoms with van der Waals surface area (Å²) in [4.78, 5) is 3.87. The molecule has 0 unspecified atom stereocenters. The quantitative estimate of drug-likeness (QED) is 0.685. The van der Waals surface area contributed by atoms with Crippen molar-refractivity contribution in [2.75, 3.05) is 0 Å². The van der Waals surface area contributed by atoms with Crippen LogP contribution in [0, 0.1) is 3.83 Å². The van der Waals surface area contributed by atoms with Crippen LogP contribution in [0.1, 0.15) is 0 Å². The highest BCUT2D eigenvalue weighted by Gasteiger charge is 2.03. The molecule has 0 atom stereocenters. The molecule has 2 aromatic rings. The van der Waals surface area contributed by atoms with E-state index in [4.69, 9.17) is 11.6 Å². The third kappa shape index (κ3) is 1.08. The minimum Gasteiger partial charge on any atom is -0.258 e. The van der Waals surface area contributed by atoms with E-state index in [0.29, 0.717) is 10.8 Å². The molecule has 0 aliphatic heterocycles. The van der Waals surface area contributed by atoms with E-state index >= 15 is 0 Å². The number of halogens is 2. The minimum absolute atomic E-state index is 0.525. The van der Waals surface area contributed by atoms with Crippen molar-refractivity contribution in [1.29, 1.82) is 0 Å². The van der Waals surface area contributed by atoms with E-state index in [1.807, 2.05) is 0 Å². The zero-order chi connectivity index (χ0) is 7.84. The predicted molar refractivity (Wildman–Crippen MR) is 48.5 cm³/mol. The lowest BCUT2D eigenvalue weighted by molar-refractivity contribution is 1.04. The second kappa shape index (κ2) is 2.56. The van der Waals surface area contributed by atoms with Gasteiger partial charge in [-0.3, -0.25) is 9.38 Å². The fourth-order valence-corrected chi connectivity index (χ4v) is 1.76. The van der Waals surface area contributed by atoms with Gasteiger partial charge in [0.15, 0.2) is 9.48 Å². The molecule has 0 amide bonds. The molecule has 0 saturated heterocycles. The van der Waals surface area contributed by atoms with Gasteiger partial charge in [-0.25, -0.2) is 0 Å². The maximum atomic E-state index is 5.82. The van der Waals surface area contributed by atoms with Crippen LogP contribution < -0.4 is 0 Å². The van der Waals surface area contributed by atoms with Gasteiger partial charge in [0.25, 0.3) is 0 Å². The van der Waals surface area contributed by atoms with Gasteiger partial charge in [0.1, 0.15) is 5.15 Å². The lowest BCUT2D eigenvalue weighted by Crippen LogP contribution is -1.90. The minimum atomic E-state index is 0.525. The van der Waals surface area contributed by atoms with Gasteiger partial charge in [0.2, 0.25) is 0 Å². The van der Waals surface area contributed by atoms with Crippen LogP contribution in [0.4, 0.5) is 0 Å². The van der Waals surface area contributed by atoms with Crippen molar-refractivity contribution in [3.8, 4) is 0 Å². The Labute approximate surface area is 80.7 Å². The van der Waals surface area contributed by atoms with E-state index in [1.165, 1.54) is 0 Å². The molecule has 0 N–H and O–H groups in total. The fraction of sp³-hybridized carbons (Fsp3) is 0. The second-order valence-corrected chi connectivity index (χ2v) is 3.24. The zero-order valence-electron chi connectivity index (χ0n) is 5.20. The van der Waals surface area contributed by atoms with Crippen LogP contribution in [0.15, 0.2) is 12.4 Å². The van der Waals surface area contributed by atoms with Gasteiger partial charge >= 0.3 is 0 Å². The molecule has 4 nitrogen and oxygen atoms in total. The number of aromatic nitrogens is 4. The standard InChI is InChI=1S/C5H2ClIN4/c6-3-1-8-2-4-9-10-5(7)11(3)4/h1-2H. The number of nitrogens with zero attached hydrogens (tertiary/aromatic N) is 4. The Morgan fingerprint density at radius 1 is 1.36 bits per heavy atom. The highest BCUT2D eigenvalue weighted by molar-refractivity contribution is 14.1. The van der Waals surface area contributed by atoms with Gasteiger partial charge < -0.3 is 0 Å². The number of hydrogen-bond donors (Lipinski definition) is 0. The first kappa shape index (κ1) is 7.23. The number of rotatable bonds is 0. The summed E-state index contributed by atoms with van der Waals surface area (Å²) < 4.78 is 2.46. The van der Waals surface area contributed by atoms with Gasteiger partial charge in [-0.2, -0.15) is 0 Å². The van der Waals surface area contributed by atoms with Crippen LogP contribution in [-0.4, -0.2) is 19.6 Å². The zero-order valence-corrected chi connectivity index (χ0v) is 8.11. The van der Waals surface area contributed by atoms with Gasteiger partial charge in [0, 0.05) is 22.6 Å². The predicted octanol–water partition coefficient (Wildman–Crippen LogP) is 1.38. The molecule has 56 valence electrons. The molecule has 0 spiro atoms. The summed E-state index contributed by atoms with van der Waals surface area (Å²) in [5.41, 5.74) is 0.668. The fourth-order valence-electron chi connectivity index (χ4n) is 0.781. The maximum Gasteiger partial charge on any atom is 0.200 e. The summed E-state index contributed by atoms with van der Waals surface area (Å²) in [7, 11) is 0. The van der Waals surface area contributed by atoms with E-state index in [0.717, 1.165) is 3.83 Å². The Bertz CT molecular complexity index is 398. The van der Waals surface area contributed by atoms with Gasteiger partial charge in [-0.05, 0) is 0 Å². The summed E-state index contributed by atoms with van der Waals surface area (Å²) in [6.07, 6.45) is 3.17. The molecule has 2 aromatic heterocycles. The van der Waals surface area contributed by atoms with Crippen LogP contribution in [-0.2, 0) is 0 Å². The average Bonchev–Trinajstić information content (AvgIpc) is 2.34. The van der Waals surface area contributed by atoms with Crippen LogP contribution in [0.25, 0.3) is 5.65 Å². The van der Waals surface area contributed by atoms with Crippen LogP contribution in [0.5, 0.6) is 0 Å². The summed E-state index contributed by atoms with van der Waals surface area (Å²) in [5.74, 6) is 0. The Kier molecular flexibility index (Phi) is 1.68. The Morgan fingerprint density at radius 3 is 2.91 bits per heavy atom. The monoisotopic (exact) mass is 280 g/mol. The van der Waals surface area contributed by atoms with Crippen molar-refractivity contribution >= 4 is 39.8 Å². The lowest BCUT2D eigenvalue weighted by Gasteiger charge is -1.93. The topological polar surface area (TPSA) is 43.1 Å². The molecule has 0 saturated carbocycles. The molecule has 2 heterocycles. The Balaban J connectivity index is 2.96. The van der Waals surface area contributed by atoms with Gasteiger partial charge in [0.05, 0.1) is 12.4 Å². The molecule has 0 fully saturated rings. The SMILES string of the molecule is Clc1cncc2nnc(I)n12. The van der Waals surface area contributed by atoms with Crippen molar-refractivity contribution in [2.24, 2.45) is 0 Å². The van der Waals surface area contributed by atoms with E-state index in [-0.39, 0.29) is 0 Å². The molecule has 0 radical (unpaired) electrons. The smallest absolute Gasteiger partial charge is 0.200 e. The number of hydrogen-bond acceptors (Lipinski definition) is 3. The van der Waals surface area contributed by atoms with Gasteiger partial charge in [-0.15, -0.1) is 10.2 Å². The van der Waals surface area contributed by atoms with Crippen molar-refractivity contribution in [1.82, 2.24) is 19.6 Å². The molecule has 6 heteroatoms. The maximum absolute atomic E-state index is 5.82. The highest BCUT2D eigenvalue weighted by Crippen LogP contribution is 2.12.